The van der Waals surface area contributed by atoms with Gasteiger partial charge in [0.1, 0.15) is 11.5 Å². The van der Waals surface area contributed by atoms with Gasteiger partial charge in [0.2, 0.25) is 5.91 Å². The van der Waals surface area contributed by atoms with Crippen molar-refractivity contribution in [1.82, 2.24) is 29.5 Å². The molecule has 1 fully saturated rings. The molecule has 1 aliphatic carbocycles. The van der Waals surface area contributed by atoms with Crippen LogP contribution in [0.15, 0.2) is 42.7 Å². The number of hydrogen-bond donors (Lipinski definition) is 1. The normalized spacial score (nSPS) is 15.2. The number of aryl methyl sites for hydroxylation is 1. The molecule has 1 N–H and O–H groups in total. The van der Waals surface area contributed by atoms with Crippen LogP contribution in [0.2, 0.25) is 0 Å². The van der Waals surface area contributed by atoms with Gasteiger partial charge in [-0.05, 0) is 50.2 Å². The summed E-state index contributed by atoms with van der Waals surface area (Å²) in [6.45, 7) is 4.26. The smallest absolute Gasteiger partial charge is 0.254 e. The molecule has 1 saturated heterocycles. The number of hydrogen-bond acceptors (Lipinski definition) is 7. The first-order valence-corrected chi connectivity index (χ1v) is 13.3. The molecule has 2 amide bonds. The monoisotopic (exact) mass is 531 g/mol. The third-order valence-corrected chi connectivity index (χ3v) is 7.96. The zero-order chi connectivity index (χ0) is 26.4. The lowest BCUT2D eigenvalue weighted by atomic mass is 9.95. The molecule has 0 unspecified atom stereocenters. The fourth-order valence-corrected chi connectivity index (χ4v) is 6.10. The van der Waals surface area contributed by atoms with Gasteiger partial charge in [0.05, 0.1) is 22.0 Å². The number of halogens is 1. The molecule has 9 nitrogen and oxygen atoms in total. The average molecular weight is 532 g/mol. The maximum Gasteiger partial charge on any atom is 0.254 e. The van der Waals surface area contributed by atoms with E-state index in [1.165, 1.54) is 24.3 Å². The number of amides is 2. The van der Waals surface area contributed by atoms with Gasteiger partial charge in [0.15, 0.2) is 5.13 Å². The van der Waals surface area contributed by atoms with Gasteiger partial charge < -0.3 is 15.1 Å². The first kappa shape index (κ1) is 24.4. The fourth-order valence-electron chi connectivity index (χ4n) is 4.99. The van der Waals surface area contributed by atoms with E-state index in [1.807, 2.05) is 19.2 Å². The van der Waals surface area contributed by atoms with Gasteiger partial charge >= 0.3 is 0 Å². The molecule has 38 heavy (non-hydrogen) atoms. The van der Waals surface area contributed by atoms with E-state index in [2.05, 4.69) is 20.2 Å². The Morgan fingerprint density at radius 3 is 2.63 bits per heavy atom. The molecular formula is C27H26FN7O2S. The summed E-state index contributed by atoms with van der Waals surface area (Å²) in [4.78, 5) is 38.3. The fraction of sp³-hybridized carbons (Fsp3) is 0.296. The summed E-state index contributed by atoms with van der Waals surface area (Å²) in [6, 6.07) is 8.35. The number of pyridine rings is 1. The highest BCUT2D eigenvalue weighted by atomic mass is 32.1. The van der Waals surface area contributed by atoms with Crippen LogP contribution in [0.5, 0.6) is 0 Å². The van der Waals surface area contributed by atoms with Crippen molar-refractivity contribution in [2.24, 2.45) is 0 Å². The predicted octanol–water partition coefficient (Wildman–Crippen LogP) is 3.64. The van der Waals surface area contributed by atoms with E-state index in [9.17, 15) is 9.59 Å². The number of carbonyl (C=O) groups excluding carboxylic acids is 2. The number of likely N-dealkylation sites (N-methyl/N-ethyl adjacent to an activating group) is 1. The number of benzene rings is 1. The molecule has 0 atom stereocenters. The second-order valence-electron chi connectivity index (χ2n) is 9.57. The van der Waals surface area contributed by atoms with Crippen LogP contribution in [0.25, 0.3) is 27.5 Å². The highest BCUT2D eigenvalue weighted by molar-refractivity contribution is 7.19. The molecular weight excluding hydrogens is 505 g/mol. The molecule has 1 aliphatic heterocycles. The maximum absolute atomic E-state index is 15.7. The Bertz CT molecular complexity index is 1540. The van der Waals surface area contributed by atoms with Crippen LogP contribution < -0.4 is 5.32 Å². The topological polar surface area (TPSA) is 96.2 Å². The molecule has 6 rings (SSSR count). The predicted molar refractivity (Wildman–Crippen MR) is 143 cm³/mol. The van der Waals surface area contributed by atoms with E-state index in [1.54, 1.807) is 34.1 Å². The summed E-state index contributed by atoms with van der Waals surface area (Å²) in [5.74, 6) is -0.911. The summed E-state index contributed by atoms with van der Waals surface area (Å²) in [7, 11) is 2.02. The molecule has 0 spiro atoms. The third-order valence-electron chi connectivity index (χ3n) is 6.94. The molecule has 2 aliphatic rings. The Labute approximate surface area is 222 Å². The van der Waals surface area contributed by atoms with Crippen molar-refractivity contribution >= 4 is 28.3 Å². The summed E-state index contributed by atoms with van der Waals surface area (Å²) in [5.41, 5.74) is 4.68. The summed E-state index contributed by atoms with van der Waals surface area (Å²) < 4.78 is 17.3. The molecule has 1 aromatic carbocycles. The third kappa shape index (κ3) is 4.37. The van der Waals surface area contributed by atoms with Gasteiger partial charge in [-0.1, -0.05) is 11.3 Å². The average Bonchev–Trinajstić information content (AvgIpc) is 3.50. The quantitative estimate of drug-likeness (QED) is 0.432. The van der Waals surface area contributed by atoms with Crippen molar-refractivity contribution in [3.05, 3.63) is 65.4 Å². The van der Waals surface area contributed by atoms with Gasteiger partial charge in [0, 0.05) is 62.2 Å². The minimum Gasteiger partial charge on any atom is -0.336 e. The second-order valence-corrected chi connectivity index (χ2v) is 10.6. The lowest BCUT2D eigenvalue weighted by Gasteiger charge is -2.32. The maximum atomic E-state index is 15.7. The first-order valence-electron chi connectivity index (χ1n) is 12.5. The first-order chi connectivity index (χ1) is 18.4. The number of anilines is 1. The van der Waals surface area contributed by atoms with Crippen LogP contribution in [0.3, 0.4) is 0 Å². The van der Waals surface area contributed by atoms with Gasteiger partial charge in [-0.3, -0.25) is 14.6 Å². The van der Waals surface area contributed by atoms with E-state index in [-0.39, 0.29) is 17.5 Å². The highest BCUT2D eigenvalue weighted by Crippen LogP contribution is 2.44. The van der Waals surface area contributed by atoms with Crippen molar-refractivity contribution in [3.63, 3.8) is 0 Å². The van der Waals surface area contributed by atoms with E-state index >= 15 is 4.39 Å². The number of nitrogens with one attached hydrogen (secondary N) is 1. The SMILES string of the molecule is CC(=O)Nc1nc2c(s1)-c1c(c(-c3cccnc3)nn1-c1ccc(C(=O)N3CCN(C)CC3)cc1F)CC2. The molecule has 4 heterocycles. The molecule has 0 radical (unpaired) electrons. The Morgan fingerprint density at radius 1 is 1.11 bits per heavy atom. The van der Waals surface area contributed by atoms with Crippen LogP contribution in [0.1, 0.15) is 28.5 Å². The Hall–Kier alpha value is -3.96. The number of carbonyl (C=O) groups is 2. The molecule has 0 bridgehead atoms. The van der Waals surface area contributed by atoms with E-state index in [0.29, 0.717) is 36.6 Å². The number of piperazine rings is 1. The standard InChI is InChI=1S/C27H26FN7O2S/c1-16(36)30-27-31-21-7-6-19-23(18-4-3-9-29-15-18)32-35(24(19)25(21)38-27)22-8-5-17(14-20(22)28)26(37)34-12-10-33(2)11-13-34/h3-5,8-9,14-15H,6-7,10-13H2,1-2H3,(H,30,31,36). The van der Waals surface area contributed by atoms with Gasteiger partial charge in [0.25, 0.3) is 5.91 Å². The van der Waals surface area contributed by atoms with Gasteiger partial charge in [-0.25, -0.2) is 14.1 Å². The molecule has 4 aromatic rings. The van der Waals surface area contributed by atoms with Crippen molar-refractivity contribution in [2.75, 3.05) is 38.5 Å². The van der Waals surface area contributed by atoms with Crippen LogP contribution in [0.4, 0.5) is 9.52 Å². The largest absolute Gasteiger partial charge is 0.336 e. The number of thiazole rings is 1. The number of rotatable bonds is 4. The molecule has 194 valence electrons. The van der Waals surface area contributed by atoms with Gasteiger partial charge in [-0.15, -0.1) is 0 Å². The summed E-state index contributed by atoms with van der Waals surface area (Å²) >= 11 is 1.35. The molecule has 3 aromatic heterocycles. The minimum atomic E-state index is -0.535. The number of nitrogens with zero attached hydrogens (tertiary/aromatic N) is 6. The Balaban J connectivity index is 1.44. The van der Waals surface area contributed by atoms with Crippen LogP contribution in [0, 0.1) is 5.82 Å². The molecule has 0 saturated carbocycles. The van der Waals surface area contributed by atoms with E-state index < -0.39 is 5.82 Å². The van der Waals surface area contributed by atoms with E-state index in [0.717, 1.165) is 46.2 Å². The lowest BCUT2D eigenvalue weighted by Crippen LogP contribution is -2.47. The van der Waals surface area contributed by atoms with Gasteiger partial charge in [-0.2, -0.15) is 5.10 Å². The zero-order valence-corrected chi connectivity index (χ0v) is 21.9. The molecule has 11 heteroatoms. The second kappa shape index (κ2) is 9.73. The number of aromatic nitrogens is 4. The summed E-state index contributed by atoms with van der Waals surface area (Å²) in [5, 5.41) is 8.13. The van der Waals surface area contributed by atoms with Crippen molar-refractivity contribution in [1.29, 1.82) is 0 Å². The minimum absolute atomic E-state index is 0.174. The van der Waals surface area contributed by atoms with Crippen LogP contribution in [-0.2, 0) is 17.6 Å². The van der Waals surface area contributed by atoms with Crippen molar-refractivity contribution < 1.29 is 14.0 Å². The Morgan fingerprint density at radius 2 is 1.92 bits per heavy atom. The van der Waals surface area contributed by atoms with Crippen LogP contribution in [-0.4, -0.2) is 74.6 Å². The van der Waals surface area contributed by atoms with Crippen LogP contribution >= 0.6 is 11.3 Å². The lowest BCUT2D eigenvalue weighted by molar-refractivity contribution is -0.114. The van der Waals surface area contributed by atoms with Crippen molar-refractivity contribution in [2.45, 2.75) is 19.8 Å². The zero-order valence-electron chi connectivity index (χ0n) is 21.1. The highest BCUT2D eigenvalue weighted by Gasteiger charge is 2.31. The summed E-state index contributed by atoms with van der Waals surface area (Å²) in [6.07, 6.45) is 4.78. The van der Waals surface area contributed by atoms with E-state index in [4.69, 9.17) is 5.10 Å². The number of fused-ring (bicyclic) bond motifs is 3. The Kier molecular flexibility index (Phi) is 6.24. The van der Waals surface area contributed by atoms with Crippen molar-refractivity contribution in [3.8, 4) is 27.5 Å².